The van der Waals surface area contributed by atoms with Gasteiger partial charge in [0.15, 0.2) is 21.3 Å². The fraction of sp³-hybridized carbons (Fsp3) is 0.444. The first-order valence-electron chi connectivity index (χ1n) is 8.39. The van der Waals surface area contributed by atoms with Crippen LogP contribution >= 0.6 is 0 Å². The van der Waals surface area contributed by atoms with Crippen molar-refractivity contribution in [3.8, 4) is 11.5 Å². The number of carbonyl (C=O) groups excluding carboxylic acids is 2. The molecule has 1 fully saturated rings. The van der Waals surface area contributed by atoms with E-state index in [2.05, 4.69) is 5.32 Å². The highest BCUT2D eigenvalue weighted by atomic mass is 32.2. The molecule has 9 heteroatoms. The molecule has 1 heterocycles. The van der Waals surface area contributed by atoms with E-state index >= 15 is 0 Å². The van der Waals surface area contributed by atoms with Gasteiger partial charge in [-0.1, -0.05) is 6.07 Å². The van der Waals surface area contributed by atoms with Crippen LogP contribution in [0.4, 0.5) is 0 Å². The van der Waals surface area contributed by atoms with Crippen LogP contribution in [-0.2, 0) is 19.4 Å². The first-order valence-corrected chi connectivity index (χ1v) is 10.2. The van der Waals surface area contributed by atoms with Crippen molar-refractivity contribution in [3.05, 3.63) is 29.8 Å². The summed E-state index contributed by atoms with van der Waals surface area (Å²) in [6.07, 6.45) is 3.38. The normalized spacial score (nSPS) is 18.3. The van der Waals surface area contributed by atoms with E-state index in [1.807, 2.05) is 0 Å². The molecule has 0 radical (unpaired) electrons. The van der Waals surface area contributed by atoms with E-state index < -0.39 is 9.84 Å². The summed E-state index contributed by atoms with van der Waals surface area (Å²) in [4.78, 5) is 25.4. The number of rotatable bonds is 7. The second-order valence-corrected chi connectivity index (χ2v) is 8.54. The molecule has 1 aliphatic rings. The van der Waals surface area contributed by atoms with Gasteiger partial charge in [0.05, 0.1) is 32.3 Å². The second kappa shape index (κ2) is 8.90. The van der Waals surface area contributed by atoms with Crippen molar-refractivity contribution < 1.29 is 27.5 Å². The predicted molar refractivity (Wildman–Crippen MR) is 101 cm³/mol. The van der Waals surface area contributed by atoms with E-state index in [4.69, 9.17) is 9.47 Å². The van der Waals surface area contributed by atoms with Gasteiger partial charge < -0.3 is 19.7 Å². The van der Waals surface area contributed by atoms with Gasteiger partial charge in [-0.3, -0.25) is 9.59 Å². The van der Waals surface area contributed by atoms with Crippen LogP contribution in [0.5, 0.6) is 11.5 Å². The average Bonchev–Trinajstić information content (AvgIpc) is 2.97. The van der Waals surface area contributed by atoms with E-state index in [0.29, 0.717) is 17.9 Å². The van der Waals surface area contributed by atoms with Gasteiger partial charge in [-0.25, -0.2) is 8.42 Å². The first kappa shape index (κ1) is 20.8. The Kier molecular flexibility index (Phi) is 6.84. The number of hydrogen-bond donors (Lipinski definition) is 1. The van der Waals surface area contributed by atoms with Gasteiger partial charge in [0, 0.05) is 19.2 Å². The molecule has 0 aromatic heterocycles. The lowest BCUT2D eigenvalue weighted by molar-refractivity contribution is -0.131. The van der Waals surface area contributed by atoms with Crippen LogP contribution in [0.15, 0.2) is 24.3 Å². The Labute approximate surface area is 159 Å². The Morgan fingerprint density at radius 3 is 2.56 bits per heavy atom. The van der Waals surface area contributed by atoms with Gasteiger partial charge in [0.25, 0.3) is 0 Å². The van der Waals surface area contributed by atoms with E-state index in [1.54, 1.807) is 24.3 Å². The van der Waals surface area contributed by atoms with E-state index in [0.717, 1.165) is 5.56 Å². The highest BCUT2D eigenvalue weighted by Gasteiger charge is 2.29. The summed E-state index contributed by atoms with van der Waals surface area (Å²) < 4.78 is 33.2. The molecule has 27 heavy (non-hydrogen) atoms. The molecule has 0 spiro atoms. The number of sulfone groups is 1. The van der Waals surface area contributed by atoms with Crippen LogP contribution in [0.1, 0.15) is 12.0 Å². The molecule has 2 amide bonds. The van der Waals surface area contributed by atoms with Crippen LogP contribution < -0.4 is 14.8 Å². The summed E-state index contributed by atoms with van der Waals surface area (Å²) in [5.41, 5.74) is 0.745. The summed E-state index contributed by atoms with van der Waals surface area (Å²) in [7, 11) is 1.51. The quantitative estimate of drug-likeness (QED) is 0.673. The number of methoxy groups -OCH3 is 2. The van der Waals surface area contributed by atoms with Crippen LogP contribution in [0, 0.1) is 0 Å². The van der Waals surface area contributed by atoms with Crippen molar-refractivity contribution >= 4 is 27.7 Å². The number of hydrogen-bond acceptors (Lipinski definition) is 6. The maximum absolute atomic E-state index is 12.2. The largest absolute Gasteiger partial charge is 0.493 e. The van der Waals surface area contributed by atoms with Crippen molar-refractivity contribution in [2.75, 3.05) is 39.3 Å². The van der Waals surface area contributed by atoms with Gasteiger partial charge in [-0.2, -0.15) is 0 Å². The van der Waals surface area contributed by atoms with Crippen molar-refractivity contribution in [3.63, 3.8) is 0 Å². The molecule has 148 valence electrons. The first-order chi connectivity index (χ1) is 12.7. The zero-order valence-corrected chi connectivity index (χ0v) is 16.4. The maximum atomic E-state index is 12.2. The molecule has 2 rings (SSSR count). The predicted octanol–water partition coefficient (Wildman–Crippen LogP) is 0.479. The minimum Gasteiger partial charge on any atom is -0.493 e. The summed E-state index contributed by atoms with van der Waals surface area (Å²) in [6, 6.07) is 4.86. The number of nitrogens with one attached hydrogen (secondary N) is 1. The zero-order valence-electron chi connectivity index (χ0n) is 15.6. The topological polar surface area (TPSA) is 102 Å². The third-order valence-electron chi connectivity index (χ3n) is 4.18. The summed E-state index contributed by atoms with van der Waals surface area (Å²) >= 11 is 0. The lowest BCUT2D eigenvalue weighted by atomic mass is 10.2. The molecule has 1 atom stereocenters. The lowest BCUT2D eigenvalue weighted by Crippen LogP contribution is -2.42. The number of benzene rings is 1. The highest BCUT2D eigenvalue weighted by molar-refractivity contribution is 7.91. The number of nitrogens with zero attached hydrogens (tertiary/aromatic N) is 1. The standard InChI is InChI=1S/C18H24N2O6S/c1-20(11-17(21)19-14-8-9-27(23,24)12-14)18(22)7-5-13-4-6-15(25-2)16(10-13)26-3/h4-7,10,14H,8-9,11-12H2,1-3H3,(H,19,21). The minimum absolute atomic E-state index is 0.0460. The SMILES string of the molecule is COc1ccc(C=CC(=O)N(C)CC(=O)NC2CCS(=O)(=O)C2)cc1OC. The third-order valence-corrected chi connectivity index (χ3v) is 5.95. The Morgan fingerprint density at radius 2 is 1.96 bits per heavy atom. The molecular weight excluding hydrogens is 372 g/mol. The third kappa shape index (κ3) is 5.99. The summed E-state index contributed by atoms with van der Waals surface area (Å²) in [6.45, 7) is -0.147. The van der Waals surface area contributed by atoms with E-state index in [1.165, 1.54) is 32.2 Å². The molecule has 1 saturated heterocycles. The van der Waals surface area contributed by atoms with E-state index in [9.17, 15) is 18.0 Å². The van der Waals surface area contributed by atoms with Gasteiger partial charge >= 0.3 is 0 Å². The maximum Gasteiger partial charge on any atom is 0.246 e. The fourth-order valence-corrected chi connectivity index (χ4v) is 4.40. The lowest BCUT2D eigenvalue weighted by Gasteiger charge is -2.17. The molecular formula is C18H24N2O6S. The molecule has 1 unspecified atom stereocenters. The average molecular weight is 396 g/mol. The van der Waals surface area contributed by atoms with Gasteiger partial charge in [0.2, 0.25) is 11.8 Å². The second-order valence-electron chi connectivity index (χ2n) is 6.31. The molecule has 1 aromatic rings. The molecule has 1 aliphatic heterocycles. The monoisotopic (exact) mass is 396 g/mol. The molecule has 0 bridgehead atoms. The number of amides is 2. The Morgan fingerprint density at radius 1 is 1.26 bits per heavy atom. The van der Waals surface area contributed by atoms with Crippen LogP contribution in [0.2, 0.25) is 0 Å². The van der Waals surface area contributed by atoms with E-state index in [-0.39, 0.29) is 35.9 Å². The van der Waals surface area contributed by atoms with Gasteiger partial charge in [0.1, 0.15) is 0 Å². The minimum atomic E-state index is -3.06. The zero-order chi connectivity index (χ0) is 20.0. The van der Waals surface area contributed by atoms with Crippen molar-refractivity contribution in [2.24, 2.45) is 0 Å². The highest BCUT2D eigenvalue weighted by Crippen LogP contribution is 2.27. The van der Waals surface area contributed by atoms with Crippen LogP contribution in [-0.4, -0.2) is 70.5 Å². The number of carbonyl (C=O) groups is 2. The Balaban J connectivity index is 1.89. The van der Waals surface area contributed by atoms with Crippen LogP contribution in [0.25, 0.3) is 6.08 Å². The molecule has 0 aliphatic carbocycles. The molecule has 1 aromatic carbocycles. The Bertz CT molecular complexity index is 834. The smallest absolute Gasteiger partial charge is 0.246 e. The fourth-order valence-electron chi connectivity index (χ4n) is 2.73. The number of ether oxygens (including phenoxy) is 2. The summed E-state index contributed by atoms with van der Waals surface area (Å²) in [5, 5.41) is 2.66. The van der Waals surface area contributed by atoms with Crippen molar-refractivity contribution in [1.82, 2.24) is 10.2 Å². The van der Waals surface area contributed by atoms with Gasteiger partial charge in [-0.05, 0) is 30.2 Å². The van der Waals surface area contributed by atoms with Crippen molar-refractivity contribution in [1.29, 1.82) is 0 Å². The molecule has 1 N–H and O–H groups in total. The summed E-state index contributed by atoms with van der Waals surface area (Å²) in [5.74, 6) is 0.442. The van der Waals surface area contributed by atoms with Gasteiger partial charge in [-0.15, -0.1) is 0 Å². The molecule has 0 saturated carbocycles. The number of likely N-dealkylation sites (N-methyl/N-ethyl adjacent to an activating group) is 1. The Hall–Kier alpha value is -2.55. The van der Waals surface area contributed by atoms with Crippen molar-refractivity contribution in [2.45, 2.75) is 12.5 Å². The molecule has 8 nitrogen and oxygen atoms in total. The van der Waals surface area contributed by atoms with Crippen LogP contribution in [0.3, 0.4) is 0 Å².